The second-order valence-corrected chi connectivity index (χ2v) is 8.98. The number of unbranched alkanes of at least 4 members (excludes halogenated alkanes) is 10. The van der Waals surface area contributed by atoms with Gasteiger partial charge in [-0.2, -0.15) is 5.10 Å². The molecule has 0 aliphatic carbocycles. The van der Waals surface area contributed by atoms with Crippen LogP contribution in [0.1, 0.15) is 99.9 Å². The highest BCUT2D eigenvalue weighted by Gasteiger charge is 2.08. The largest absolute Gasteiger partial charge is 0.423 e. The molecule has 0 bridgehead atoms. The lowest BCUT2D eigenvalue weighted by atomic mass is 10.1. The van der Waals surface area contributed by atoms with Gasteiger partial charge in [0.25, 0.3) is 0 Å². The van der Waals surface area contributed by atoms with Gasteiger partial charge in [0.2, 0.25) is 5.91 Å². The van der Waals surface area contributed by atoms with E-state index in [1.165, 1.54) is 64.0 Å². The number of esters is 1. The second-order valence-electron chi connectivity index (χ2n) is 8.55. The molecule has 0 heterocycles. The zero-order chi connectivity index (χ0) is 24.4. The lowest BCUT2D eigenvalue weighted by molar-refractivity contribution is -0.121. The monoisotopic (exact) mass is 484 g/mol. The minimum atomic E-state index is -0.467. The van der Waals surface area contributed by atoms with Crippen molar-refractivity contribution in [2.24, 2.45) is 5.10 Å². The number of hydrogen-bond donors (Lipinski definition) is 1. The third kappa shape index (κ3) is 12.0. The van der Waals surface area contributed by atoms with Gasteiger partial charge in [0, 0.05) is 11.4 Å². The summed E-state index contributed by atoms with van der Waals surface area (Å²) in [6.45, 7) is 2.25. The Balaban J connectivity index is 1.59. The molecule has 0 fully saturated rings. The molecule has 0 aromatic heterocycles. The average Bonchev–Trinajstić information content (AvgIpc) is 2.83. The van der Waals surface area contributed by atoms with Crippen molar-refractivity contribution in [3.8, 4) is 5.75 Å². The number of amides is 1. The van der Waals surface area contributed by atoms with Gasteiger partial charge < -0.3 is 4.74 Å². The van der Waals surface area contributed by atoms with Crippen molar-refractivity contribution < 1.29 is 14.3 Å². The van der Waals surface area contributed by atoms with Crippen molar-refractivity contribution in [3.05, 3.63) is 64.7 Å². The highest BCUT2D eigenvalue weighted by atomic mass is 35.5. The van der Waals surface area contributed by atoms with Crippen LogP contribution in [0.5, 0.6) is 5.75 Å². The first-order valence-electron chi connectivity index (χ1n) is 12.5. The van der Waals surface area contributed by atoms with Crippen LogP contribution in [0.4, 0.5) is 0 Å². The summed E-state index contributed by atoms with van der Waals surface area (Å²) in [4.78, 5) is 24.2. The number of rotatable bonds is 16. The number of carbonyl (C=O) groups is 2. The zero-order valence-corrected chi connectivity index (χ0v) is 21.0. The molecule has 0 saturated heterocycles. The van der Waals surface area contributed by atoms with E-state index in [9.17, 15) is 9.59 Å². The minimum Gasteiger partial charge on any atom is -0.423 e. The summed E-state index contributed by atoms with van der Waals surface area (Å²) in [7, 11) is 0. The van der Waals surface area contributed by atoms with Crippen LogP contribution in [0.2, 0.25) is 5.02 Å². The quantitative estimate of drug-likeness (QED) is 0.0871. The van der Waals surface area contributed by atoms with E-state index in [2.05, 4.69) is 17.5 Å². The molecule has 1 amide bonds. The predicted molar refractivity (Wildman–Crippen MR) is 140 cm³/mol. The second kappa shape index (κ2) is 16.9. The van der Waals surface area contributed by atoms with Crippen molar-refractivity contribution in [2.75, 3.05) is 0 Å². The van der Waals surface area contributed by atoms with E-state index in [-0.39, 0.29) is 5.91 Å². The van der Waals surface area contributed by atoms with Gasteiger partial charge in [0.15, 0.2) is 0 Å². The van der Waals surface area contributed by atoms with Gasteiger partial charge in [0.1, 0.15) is 5.75 Å². The van der Waals surface area contributed by atoms with Crippen LogP contribution in [0.15, 0.2) is 53.6 Å². The van der Waals surface area contributed by atoms with E-state index in [0.717, 1.165) is 18.4 Å². The van der Waals surface area contributed by atoms with Gasteiger partial charge in [0.05, 0.1) is 11.8 Å². The Labute approximate surface area is 208 Å². The molecule has 184 valence electrons. The van der Waals surface area contributed by atoms with Gasteiger partial charge in [-0.3, -0.25) is 4.79 Å². The van der Waals surface area contributed by atoms with Gasteiger partial charge in [-0.1, -0.05) is 94.9 Å². The fraction of sp³-hybridized carbons (Fsp3) is 0.464. The molecule has 2 aromatic rings. The number of carbonyl (C=O) groups excluding carboxylic acids is 2. The third-order valence-electron chi connectivity index (χ3n) is 5.56. The predicted octanol–water partition coefficient (Wildman–Crippen LogP) is 7.71. The fourth-order valence-electron chi connectivity index (χ4n) is 3.59. The summed E-state index contributed by atoms with van der Waals surface area (Å²) in [5.74, 6) is -0.153. The van der Waals surface area contributed by atoms with Crippen LogP contribution >= 0.6 is 11.6 Å². The van der Waals surface area contributed by atoms with E-state index in [1.54, 1.807) is 42.5 Å². The highest BCUT2D eigenvalue weighted by Crippen LogP contribution is 2.16. The van der Waals surface area contributed by atoms with Gasteiger partial charge in [-0.05, 0) is 48.4 Å². The molecule has 6 heteroatoms. The Morgan fingerprint density at radius 1 is 0.882 bits per heavy atom. The van der Waals surface area contributed by atoms with Crippen molar-refractivity contribution >= 4 is 29.7 Å². The average molecular weight is 485 g/mol. The Hall–Kier alpha value is -2.66. The maximum absolute atomic E-state index is 12.2. The van der Waals surface area contributed by atoms with E-state index in [4.69, 9.17) is 16.3 Å². The van der Waals surface area contributed by atoms with Gasteiger partial charge >= 0.3 is 5.97 Å². The Kier molecular flexibility index (Phi) is 13.7. The lowest BCUT2D eigenvalue weighted by Gasteiger charge is -2.05. The summed E-state index contributed by atoms with van der Waals surface area (Å²) in [6, 6.07) is 13.5. The van der Waals surface area contributed by atoms with Crippen molar-refractivity contribution in [1.29, 1.82) is 0 Å². The number of nitrogens with zero attached hydrogens (tertiary/aromatic N) is 1. The van der Waals surface area contributed by atoms with Crippen LogP contribution in [0, 0.1) is 0 Å². The Morgan fingerprint density at radius 3 is 2.15 bits per heavy atom. The summed E-state index contributed by atoms with van der Waals surface area (Å²) in [5.41, 5.74) is 3.70. The minimum absolute atomic E-state index is 0.0857. The Morgan fingerprint density at radius 2 is 1.50 bits per heavy atom. The van der Waals surface area contributed by atoms with Crippen LogP contribution < -0.4 is 10.2 Å². The lowest BCUT2D eigenvalue weighted by Crippen LogP contribution is -2.16. The molecule has 0 atom stereocenters. The van der Waals surface area contributed by atoms with Crippen molar-refractivity contribution in [1.82, 2.24) is 5.43 Å². The maximum Gasteiger partial charge on any atom is 0.343 e. The summed E-state index contributed by atoms with van der Waals surface area (Å²) in [6.07, 6.45) is 15.8. The molecular formula is C28H37ClN2O3. The first kappa shape index (κ1) is 27.6. The van der Waals surface area contributed by atoms with E-state index < -0.39 is 5.97 Å². The molecule has 34 heavy (non-hydrogen) atoms. The van der Waals surface area contributed by atoms with E-state index >= 15 is 0 Å². The van der Waals surface area contributed by atoms with Crippen molar-refractivity contribution in [2.45, 2.75) is 84.0 Å². The van der Waals surface area contributed by atoms with Gasteiger partial charge in [-0.15, -0.1) is 0 Å². The van der Waals surface area contributed by atoms with E-state index in [0.29, 0.717) is 22.8 Å². The van der Waals surface area contributed by atoms with Gasteiger partial charge in [-0.25, -0.2) is 10.2 Å². The zero-order valence-electron chi connectivity index (χ0n) is 20.2. The topological polar surface area (TPSA) is 67.8 Å². The van der Waals surface area contributed by atoms with Crippen LogP contribution in [-0.4, -0.2) is 18.1 Å². The number of hydrogen-bond acceptors (Lipinski definition) is 4. The molecule has 2 rings (SSSR count). The number of benzene rings is 2. The molecule has 0 aliphatic rings. The van der Waals surface area contributed by atoms with Crippen LogP contribution in [0.25, 0.3) is 0 Å². The first-order chi connectivity index (χ1) is 16.6. The molecule has 5 nitrogen and oxygen atoms in total. The highest BCUT2D eigenvalue weighted by molar-refractivity contribution is 6.30. The summed E-state index contributed by atoms with van der Waals surface area (Å²) >= 11 is 5.85. The summed E-state index contributed by atoms with van der Waals surface area (Å²) < 4.78 is 5.40. The number of ether oxygens (including phenoxy) is 1. The molecule has 0 unspecified atom stereocenters. The summed E-state index contributed by atoms with van der Waals surface area (Å²) in [5, 5.41) is 4.58. The maximum atomic E-state index is 12.2. The van der Waals surface area contributed by atoms with E-state index in [1.807, 2.05) is 6.07 Å². The first-order valence-corrected chi connectivity index (χ1v) is 12.9. The molecule has 0 saturated carbocycles. The molecule has 1 N–H and O–H groups in total. The molecular weight excluding hydrogens is 448 g/mol. The van der Waals surface area contributed by atoms with Crippen LogP contribution in [0.3, 0.4) is 0 Å². The van der Waals surface area contributed by atoms with Crippen LogP contribution in [-0.2, 0) is 4.79 Å². The third-order valence-corrected chi connectivity index (χ3v) is 5.81. The molecule has 0 spiro atoms. The smallest absolute Gasteiger partial charge is 0.343 e. The molecule has 2 aromatic carbocycles. The number of hydrazone groups is 1. The van der Waals surface area contributed by atoms with Crippen molar-refractivity contribution in [3.63, 3.8) is 0 Å². The normalized spacial score (nSPS) is 11.0. The Bertz CT molecular complexity index is 897. The number of halogens is 1. The fourth-order valence-corrected chi connectivity index (χ4v) is 3.72. The standard InChI is InChI=1S/C28H37ClN2O3/c1-2-3-4-5-6-7-8-9-10-11-12-16-27(32)31-30-22-23-14-13-15-26(21-23)34-28(33)24-17-19-25(29)20-18-24/h13-15,17-22H,2-12,16H2,1H3,(H,31,32)/b30-22-. The molecule has 0 radical (unpaired) electrons. The SMILES string of the molecule is CCCCCCCCCCCCCC(=O)N/N=C\c1cccc(OC(=O)c2ccc(Cl)cc2)c1. The number of nitrogens with one attached hydrogen (secondary N) is 1. The molecule has 0 aliphatic heterocycles.